The van der Waals surface area contributed by atoms with E-state index in [0.717, 1.165) is 48.8 Å². The van der Waals surface area contributed by atoms with Crippen LogP contribution in [-0.4, -0.2) is 34.6 Å². The summed E-state index contributed by atoms with van der Waals surface area (Å²) in [6, 6.07) is 2.36. The van der Waals surface area contributed by atoms with Gasteiger partial charge in [-0.1, -0.05) is 13.8 Å². The fourth-order valence-corrected chi connectivity index (χ4v) is 3.81. The molecule has 7 heteroatoms. The van der Waals surface area contributed by atoms with Crippen LogP contribution >= 0.6 is 11.3 Å². The van der Waals surface area contributed by atoms with Crippen molar-refractivity contribution in [3.05, 3.63) is 33.7 Å². The normalized spacial score (nSPS) is 19.9. The van der Waals surface area contributed by atoms with E-state index in [1.54, 1.807) is 18.4 Å². The van der Waals surface area contributed by atoms with Gasteiger partial charge in [0, 0.05) is 55.1 Å². The van der Waals surface area contributed by atoms with Crippen molar-refractivity contribution in [1.29, 1.82) is 0 Å². The van der Waals surface area contributed by atoms with Crippen LogP contribution in [0.15, 0.2) is 11.4 Å². The second kappa shape index (κ2) is 8.21. The van der Waals surface area contributed by atoms with Crippen LogP contribution in [0.5, 0.6) is 0 Å². The summed E-state index contributed by atoms with van der Waals surface area (Å²) in [4.78, 5) is 13.9. The molecule has 0 bridgehead atoms. The average molecular weight is 362 g/mol. The Bertz CT molecular complexity index is 697. The molecule has 1 aliphatic carbocycles. The molecule has 2 aromatic heterocycles. The Kier molecular flexibility index (Phi) is 5.98. The lowest BCUT2D eigenvalue weighted by Gasteiger charge is -2.32. The van der Waals surface area contributed by atoms with Crippen molar-refractivity contribution < 1.29 is 4.74 Å². The third kappa shape index (κ3) is 4.74. The van der Waals surface area contributed by atoms with Gasteiger partial charge in [-0.15, -0.1) is 11.3 Å². The molecule has 0 aliphatic heterocycles. The van der Waals surface area contributed by atoms with Gasteiger partial charge in [0.2, 0.25) is 0 Å². The van der Waals surface area contributed by atoms with Crippen LogP contribution < -0.4 is 11.1 Å². The van der Waals surface area contributed by atoms with E-state index in [1.165, 1.54) is 5.01 Å². The molecule has 0 saturated heterocycles. The predicted octanol–water partition coefficient (Wildman–Crippen LogP) is 3.06. The number of thiazole rings is 1. The highest BCUT2D eigenvalue weighted by Crippen LogP contribution is 2.35. The van der Waals surface area contributed by atoms with Gasteiger partial charge in [-0.3, -0.25) is 0 Å². The summed E-state index contributed by atoms with van der Waals surface area (Å²) in [5.41, 5.74) is 8.13. The zero-order valence-corrected chi connectivity index (χ0v) is 16.0. The molecule has 0 radical (unpaired) electrons. The Morgan fingerprint density at radius 3 is 2.76 bits per heavy atom. The van der Waals surface area contributed by atoms with Crippen LogP contribution in [0.4, 0.5) is 5.82 Å². The van der Waals surface area contributed by atoms with E-state index in [1.807, 2.05) is 0 Å². The van der Waals surface area contributed by atoms with Crippen molar-refractivity contribution in [3.63, 3.8) is 0 Å². The highest BCUT2D eigenvalue weighted by Gasteiger charge is 2.29. The Morgan fingerprint density at radius 2 is 2.12 bits per heavy atom. The molecule has 136 valence electrons. The van der Waals surface area contributed by atoms with Gasteiger partial charge in [0.15, 0.2) is 5.82 Å². The SMILES string of the molecule is COCc1nc(NCCc2csc(C(C)C)n2)cc(C2CC(N)C2)n1. The number of nitrogens with one attached hydrogen (secondary N) is 1. The first-order chi connectivity index (χ1) is 12.0. The van der Waals surface area contributed by atoms with E-state index >= 15 is 0 Å². The summed E-state index contributed by atoms with van der Waals surface area (Å²) in [5, 5.41) is 6.76. The second-order valence-corrected chi connectivity index (χ2v) is 7.85. The van der Waals surface area contributed by atoms with Crippen molar-refractivity contribution in [2.24, 2.45) is 5.73 Å². The Labute approximate surface area is 153 Å². The number of methoxy groups -OCH3 is 1. The lowest BCUT2D eigenvalue weighted by molar-refractivity contribution is 0.177. The second-order valence-electron chi connectivity index (χ2n) is 6.96. The van der Waals surface area contributed by atoms with E-state index in [4.69, 9.17) is 10.5 Å². The largest absolute Gasteiger partial charge is 0.377 e. The van der Waals surface area contributed by atoms with Crippen molar-refractivity contribution in [3.8, 4) is 0 Å². The average Bonchev–Trinajstić information content (AvgIpc) is 3.01. The van der Waals surface area contributed by atoms with E-state index in [9.17, 15) is 0 Å². The van der Waals surface area contributed by atoms with E-state index in [-0.39, 0.29) is 0 Å². The number of aromatic nitrogens is 3. The van der Waals surface area contributed by atoms with Crippen LogP contribution in [0, 0.1) is 0 Å². The summed E-state index contributed by atoms with van der Waals surface area (Å²) >= 11 is 1.74. The standard InChI is InChI=1S/C18H27N5OS/c1-11(2)18-21-14(10-25-18)4-5-20-16-8-15(12-6-13(19)7-12)22-17(23-16)9-24-3/h8,10-13H,4-7,9,19H2,1-3H3,(H,20,22,23). The maximum atomic E-state index is 5.92. The quantitative estimate of drug-likeness (QED) is 0.751. The number of nitrogens with zero attached hydrogens (tertiary/aromatic N) is 3. The van der Waals surface area contributed by atoms with Gasteiger partial charge < -0.3 is 15.8 Å². The molecule has 1 saturated carbocycles. The van der Waals surface area contributed by atoms with Gasteiger partial charge in [0.1, 0.15) is 12.4 Å². The van der Waals surface area contributed by atoms with Crippen molar-refractivity contribution >= 4 is 17.2 Å². The molecule has 1 fully saturated rings. The topological polar surface area (TPSA) is 86.0 Å². The van der Waals surface area contributed by atoms with Crippen LogP contribution in [-0.2, 0) is 17.8 Å². The lowest BCUT2D eigenvalue weighted by Crippen LogP contribution is -2.35. The third-order valence-electron chi connectivity index (χ3n) is 4.41. The highest BCUT2D eigenvalue weighted by molar-refractivity contribution is 7.09. The maximum absolute atomic E-state index is 5.92. The van der Waals surface area contributed by atoms with Gasteiger partial charge in [0.25, 0.3) is 0 Å². The first-order valence-electron chi connectivity index (χ1n) is 8.85. The molecule has 25 heavy (non-hydrogen) atoms. The van der Waals surface area contributed by atoms with Crippen LogP contribution in [0.1, 0.15) is 60.7 Å². The van der Waals surface area contributed by atoms with E-state index in [0.29, 0.717) is 24.5 Å². The van der Waals surface area contributed by atoms with Gasteiger partial charge in [-0.2, -0.15) is 0 Å². The molecule has 3 rings (SSSR count). The van der Waals surface area contributed by atoms with Crippen molar-refractivity contribution in [2.75, 3.05) is 19.0 Å². The van der Waals surface area contributed by atoms with Crippen molar-refractivity contribution in [2.45, 2.75) is 57.6 Å². The number of anilines is 1. The minimum atomic E-state index is 0.307. The fraction of sp³-hybridized carbons (Fsp3) is 0.611. The zero-order valence-electron chi connectivity index (χ0n) is 15.2. The van der Waals surface area contributed by atoms with Crippen LogP contribution in [0.2, 0.25) is 0 Å². The highest BCUT2D eigenvalue weighted by atomic mass is 32.1. The summed E-state index contributed by atoms with van der Waals surface area (Å²) in [7, 11) is 1.66. The molecular formula is C18H27N5OS. The van der Waals surface area contributed by atoms with Crippen molar-refractivity contribution in [1.82, 2.24) is 15.0 Å². The third-order valence-corrected chi connectivity index (χ3v) is 5.60. The van der Waals surface area contributed by atoms with E-state index in [2.05, 4.69) is 45.6 Å². The number of hydrogen-bond donors (Lipinski definition) is 2. The molecule has 0 aromatic carbocycles. The summed E-state index contributed by atoms with van der Waals surface area (Å²) in [6.45, 7) is 5.57. The smallest absolute Gasteiger partial charge is 0.156 e. The monoisotopic (exact) mass is 361 g/mol. The maximum Gasteiger partial charge on any atom is 0.156 e. The Morgan fingerprint density at radius 1 is 1.32 bits per heavy atom. The molecule has 6 nitrogen and oxygen atoms in total. The van der Waals surface area contributed by atoms with E-state index < -0.39 is 0 Å². The fourth-order valence-electron chi connectivity index (χ4n) is 2.94. The molecule has 2 aromatic rings. The molecular weight excluding hydrogens is 334 g/mol. The molecule has 0 spiro atoms. The van der Waals surface area contributed by atoms with Gasteiger partial charge in [0.05, 0.1) is 10.7 Å². The molecule has 1 aliphatic rings. The number of nitrogens with two attached hydrogens (primary N) is 1. The van der Waals surface area contributed by atoms with Gasteiger partial charge in [-0.05, 0) is 12.8 Å². The molecule has 3 N–H and O–H groups in total. The first-order valence-corrected chi connectivity index (χ1v) is 9.73. The van der Waals surface area contributed by atoms with Gasteiger partial charge >= 0.3 is 0 Å². The minimum Gasteiger partial charge on any atom is -0.377 e. The molecule has 2 heterocycles. The van der Waals surface area contributed by atoms with Crippen LogP contribution in [0.3, 0.4) is 0 Å². The lowest BCUT2D eigenvalue weighted by atomic mass is 9.78. The molecule has 0 unspecified atom stereocenters. The van der Waals surface area contributed by atoms with Gasteiger partial charge in [-0.25, -0.2) is 15.0 Å². The first kappa shape index (κ1) is 18.2. The minimum absolute atomic E-state index is 0.307. The summed E-state index contributed by atoms with van der Waals surface area (Å²) in [5.74, 6) is 2.51. The Balaban J connectivity index is 1.62. The number of rotatable bonds is 8. The molecule has 0 atom stereocenters. The van der Waals surface area contributed by atoms with Crippen LogP contribution in [0.25, 0.3) is 0 Å². The number of ether oxygens (including phenoxy) is 1. The summed E-state index contributed by atoms with van der Waals surface area (Å²) in [6.07, 6.45) is 2.88. The number of hydrogen-bond acceptors (Lipinski definition) is 7. The predicted molar refractivity (Wildman–Crippen MR) is 101 cm³/mol. The zero-order chi connectivity index (χ0) is 17.8. The molecule has 0 amide bonds. The Hall–Kier alpha value is -1.57. The summed E-state index contributed by atoms with van der Waals surface area (Å²) < 4.78 is 5.20.